The third-order valence-corrected chi connectivity index (χ3v) is 4.97. The highest BCUT2D eigenvalue weighted by Crippen LogP contribution is 2.15. The lowest BCUT2D eigenvalue weighted by atomic mass is 10.2. The fraction of sp³-hybridized carbons (Fsp3) is 0.263. The largest absolute Gasteiger partial charge is 0.497 e. The van der Waals surface area contributed by atoms with Gasteiger partial charge in [-0.15, -0.1) is 0 Å². The summed E-state index contributed by atoms with van der Waals surface area (Å²) >= 11 is 0. The smallest absolute Gasteiger partial charge is 0.339 e. The van der Waals surface area contributed by atoms with E-state index in [9.17, 15) is 13.8 Å². The third-order valence-electron chi connectivity index (χ3n) is 3.60. The number of carbonyl (C=O) groups is 2. The molecule has 1 amide bonds. The van der Waals surface area contributed by atoms with Gasteiger partial charge < -0.3 is 14.8 Å². The number of nitrogens with one attached hydrogen (secondary N) is 1. The molecular formula is C19H21NO5S. The summed E-state index contributed by atoms with van der Waals surface area (Å²) in [7, 11) is 0.303. The molecule has 0 aliphatic carbocycles. The number of amides is 1. The zero-order valence-corrected chi connectivity index (χ0v) is 15.5. The number of hydrogen-bond acceptors (Lipinski definition) is 5. The molecule has 1 atom stereocenters. The van der Waals surface area contributed by atoms with E-state index in [1.54, 1.807) is 50.4 Å². The average molecular weight is 375 g/mol. The SMILES string of the molecule is CCS(=O)c1ccccc1C(=O)OCC(=O)NCc1ccc(OC)cc1. The van der Waals surface area contributed by atoms with Crippen molar-refractivity contribution in [2.45, 2.75) is 18.4 Å². The summed E-state index contributed by atoms with van der Waals surface area (Å²) in [6.07, 6.45) is 0. The van der Waals surface area contributed by atoms with Gasteiger partial charge in [0, 0.05) is 12.3 Å². The van der Waals surface area contributed by atoms with Crippen LogP contribution in [0.2, 0.25) is 0 Å². The molecule has 2 rings (SSSR count). The second kappa shape index (κ2) is 9.72. The molecule has 0 bridgehead atoms. The van der Waals surface area contributed by atoms with Gasteiger partial charge in [0.1, 0.15) is 5.75 Å². The second-order valence-corrected chi connectivity index (χ2v) is 7.04. The maximum atomic E-state index is 12.2. The Kier molecular flexibility index (Phi) is 7.35. The van der Waals surface area contributed by atoms with Gasteiger partial charge >= 0.3 is 5.97 Å². The molecule has 0 aromatic heterocycles. The summed E-state index contributed by atoms with van der Waals surface area (Å²) in [5, 5.41) is 2.67. The Balaban J connectivity index is 1.87. The van der Waals surface area contributed by atoms with E-state index in [2.05, 4.69) is 5.32 Å². The van der Waals surface area contributed by atoms with Crippen LogP contribution < -0.4 is 10.1 Å². The fourth-order valence-corrected chi connectivity index (χ4v) is 3.13. The molecule has 0 aliphatic rings. The quantitative estimate of drug-likeness (QED) is 0.716. The minimum absolute atomic E-state index is 0.218. The molecule has 0 heterocycles. The van der Waals surface area contributed by atoms with E-state index in [4.69, 9.17) is 9.47 Å². The number of methoxy groups -OCH3 is 1. The topological polar surface area (TPSA) is 81.7 Å². The molecule has 0 spiro atoms. The van der Waals surface area contributed by atoms with Crippen LogP contribution in [0.25, 0.3) is 0 Å². The molecule has 2 aromatic rings. The predicted molar refractivity (Wildman–Crippen MR) is 98.5 cm³/mol. The maximum absolute atomic E-state index is 12.2. The van der Waals surface area contributed by atoms with Crippen molar-refractivity contribution in [1.82, 2.24) is 5.32 Å². The maximum Gasteiger partial charge on any atom is 0.339 e. The van der Waals surface area contributed by atoms with Gasteiger partial charge in [-0.1, -0.05) is 31.2 Å². The normalized spacial score (nSPS) is 11.5. The minimum atomic E-state index is -1.28. The molecule has 0 saturated heterocycles. The van der Waals surface area contributed by atoms with E-state index < -0.39 is 29.3 Å². The van der Waals surface area contributed by atoms with E-state index in [0.717, 1.165) is 11.3 Å². The highest BCUT2D eigenvalue weighted by molar-refractivity contribution is 7.85. The fourth-order valence-electron chi connectivity index (χ4n) is 2.19. The lowest BCUT2D eigenvalue weighted by Crippen LogP contribution is -2.28. The average Bonchev–Trinajstić information content (AvgIpc) is 2.70. The summed E-state index contributed by atoms with van der Waals surface area (Å²) in [6, 6.07) is 13.8. The van der Waals surface area contributed by atoms with Crippen molar-refractivity contribution in [3.8, 4) is 5.75 Å². The van der Waals surface area contributed by atoms with Crippen LogP contribution in [0.5, 0.6) is 5.75 Å². The Morgan fingerprint density at radius 1 is 1.08 bits per heavy atom. The predicted octanol–water partition coefficient (Wildman–Crippen LogP) is 2.30. The molecule has 0 radical (unpaired) electrons. The van der Waals surface area contributed by atoms with Crippen molar-refractivity contribution < 1.29 is 23.3 Å². The van der Waals surface area contributed by atoms with Crippen LogP contribution in [0.3, 0.4) is 0 Å². The van der Waals surface area contributed by atoms with Gasteiger partial charge in [-0.2, -0.15) is 0 Å². The van der Waals surface area contributed by atoms with Crippen LogP contribution in [0, 0.1) is 0 Å². The zero-order chi connectivity index (χ0) is 18.9. The molecule has 7 heteroatoms. The van der Waals surface area contributed by atoms with Crippen molar-refractivity contribution in [2.24, 2.45) is 0 Å². The summed E-state index contributed by atoms with van der Waals surface area (Å²) in [6.45, 7) is 1.68. The Bertz CT molecular complexity index is 789. The molecule has 0 saturated carbocycles. The number of carbonyl (C=O) groups excluding carboxylic acids is 2. The monoisotopic (exact) mass is 375 g/mol. The van der Waals surface area contributed by atoms with Gasteiger partial charge in [-0.25, -0.2) is 4.79 Å². The molecule has 26 heavy (non-hydrogen) atoms. The Morgan fingerprint density at radius 3 is 2.42 bits per heavy atom. The highest BCUT2D eigenvalue weighted by atomic mass is 32.2. The molecule has 1 unspecified atom stereocenters. The van der Waals surface area contributed by atoms with Gasteiger partial charge in [0.15, 0.2) is 6.61 Å². The molecule has 1 N–H and O–H groups in total. The summed E-state index contributed by atoms with van der Waals surface area (Å²) < 4.78 is 22.1. The van der Waals surface area contributed by atoms with Crippen molar-refractivity contribution in [3.05, 3.63) is 59.7 Å². The molecule has 0 aliphatic heterocycles. The van der Waals surface area contributed by atoms with Crippen LogP contribution in [-0.2, 0) is 26.9 Å². The standard InChI is InChI=1S/C19H21NO5S/c1-3-26(23)17-7-5-4-6-16(17)19(22)25-13-18(21)20-12-14-8-10-15(24-2)11-9-14/h4-11H,3,12-13H2,1-2H3,(H,20,21). The van der Waals surface area contributed by atoms with Gasteiger partial charge in [0.2, 0.25) is 0 Å². The number of ether oxygens (including phenoxy) is 2. The van der Waals surface area contributed by atoms with E-state index in [0.29, 0.717) is 17.2 Å². The van der Waals surface area contributed by atoms with Crippen molar-refractivity contribution in [1.29, 1.82) is 0 Å². The second-order valence-electron chi connectivity index (χ2n) is 5.33. The Hall–Kier alpha value is -2.67. The van der Waals surface area contributed by atoms with Gasteiger partial charge in [-0.05, 0) is 29.8 Å². The summed E-state index contributed by atoms with van der Waals surface area (Å²) in [4.78, 5) is 24.5. The van der Waals surface area contributed by atoms with Crippen LogP contribution >= 0.6 is 0 Å². The van der Waals surface area contributed by atoms with E-state index >= 15 is 0 Å². The first-order valence-electron chi connectivity index (χ1n) is 8.09. The highest BCUT2D eigenvalue weighted by Gasteiger charge is 2.17. The molecule has 0 fully saturated rings. The minimum Gasteiger partial charge on any atom is -0.497 e. The summed E-state index contributed by atoms with van der Waals surface area (Å²) in [5.41, 5.74) is 1.12. The first kappa shape index (κ1) is 19.7. The van der Waals surface area contributed by atoms with Crippen LogP contribution in [0.4, 0.5) is 0 Å². The number of hydrogen-bond donors (Lipinski definition) is 1. The van der Waals surface area contributed by atoms with Gasteiger partial charge in [0.05, 0.1) is 28.4 Å². The number of esters is 1. The van der Waals surface area contributed by atoms with Crippen molar-refractivity contribution in [2.75, 3.05) is 19.5 Å². The number of rotatable bonds is 8. The van der Waals surface area contributed by atoms with E-state index in [1.807, 2.05) is 12.1 Å². The van der Waals surface area contributed by atoms with Gasteiger partial charge in [0.25, 0.3) is 5.91 Å². The molecule has 6 nitrogen and oxygen atoms in total. The van der Waals surface area contributed by atoms with Crippen LogP contribution in [-0.4, -0.2) is 35.6 Å². The lowest BCUT2D eigenvalue weighted by Gasteiger charge is -2.09. The lowest BCUT2D eigenvalue weighted by molar-refractivity contribution is -0.124. The molecular weight excluding hydrogens is 354 g/mol. The number of benzene rings is 2. The summed E-state index contributed by atoms with van der Waals surface area (Å²) in [5.74, 6) is 0.0505. The van der Waals surface area contributed by atoms with Gasteiger partial charge in [-0.3, -0.25) is 9.00 Å². The Labute approximate surface area is 155 Å². The molecule has 138 valence electrons. The Morgan fingerprint density at radius 2 is 1.77 bits per heavy atom. The van der Waals surface area contributed by atoms with Crippen molar-refractivity contribution in [3.63, 3.8) is 0 Å². The first-order valence-corrected chi connectivity index (χ1v) is 9.41. The third kappa shape index (κ3) is 5.42. The van der Waals surface area contributed by atoms with Crippen LogP contribution in [0.15, 0.2) is 53.4 Å². The first-order chi connectivity index (χ1) is 12.5. The van der Waals surface area contributed by atoms with Crippen LogP contribution in [0.1, 0.15) is 22.8 Å². The van der Waals surface area contributed by atoms with E-state index in [-0.39, 0.29) is 5.56 Å². The van der Waals surface area contributed by atoms with Crippen molar-refractivity contribution >= 4 is 22.7 Å². The zero-order valence-electron chi connectivity index (χ0n) is 14.7. The molecule has 2 aromatic carbocycles. The van der Waals surface area contributed by atoms with E-state index in [1.165, 1.54) is 0 Å².